The average molecular weight is 373 g/mol. The summed E-state index contributed by atoms with van der Waals surface area (Å²) in [5.74, 6) is -0.191. The molecule has 0 bridgehead atoms. The van der Waals surface area contributed by atoms with E-state index in [1.165, 1.54) is 12.1 Å². The summed E-state index contributed by atoms with van der Waals surface area (Å²) >= 11 is 0. The van der Waals surface area contributed by atoms with Crippen molar-refractivity contribution in [2.24, 2.45) is 0 Å². The number of hydrogen-bond acceptors (Lipinski definition) is 3. The van der Waals surface area contributed by atoms with Gasteiger partial charge in [-0.05, 0) is 24.1 Å². The van der Waals surface area contributed by atoms with Crippen molar-refractivity contribution in [3.05, 3.63) is 42.5 Å². The van der Waals surface area contributed by atoms with E-state index in [0.717, 1.165) is 38.2 Å². The highest BCUT2D eigenvalue weighted by Gasteiger charge is 2.31. The van der Waals surface area contributed by atoms with Crippen molar-refractivity contribution >= 4 is 24.8 Å². The van der Waals surface area contributed by atoms with Crippen LogP contribution in [0.5, 0.6) is 5.75 Å². The van der Waals surface area contributed by atoms with Crippen molar-refractivity contribution in [2.75, 3.05) is 26.2 Å². The third-order valence-electron chi connectivity index (χ3n) is 3.48. The maximum absolute atomic E-state index is 12.2. The summed E-state index contributed by atoms with van der Waals surface area (Å²) in [6.07, 6.45) is -2.05. The van der Waals surface area contributed by atoms with Gasteiger partial charge in [0.15, 0.2) is 0 Å². The fourth-order valence-electron chi connectivity index (χ4n) is 2.54. The Morgan fingerprint density at radius 2 is 1.74 bits per heavy atom. The minimum absolute atomic E-state index is 0. The number of ether oxygens (including phenoxy) is 1. The molecule has 132 valence electrons. The first-order chi connectivity index (χ1) is 9.99. The first kappa shape index (κ1) is 22.1. The monoisotopic (exact) mass is 372 g/mol. The Balaban J connectivity index is 0.00000242. The molecule has 2 rings (SSSR count). The first-order valence-corrected chi connectivity index (χ1v) is 6.91. The summed E-state index contributed by atoms with van der Waals surface area (Å²) in [6, 6.07) is 6.25. The number of halogens is 5. The SMILES string of the molecule is C=CC[C@H](c1ccc(OC(F)(F)F)cc1)N1CCNCC1.Cl.Cl. The van der Waals surface area contributed by atoms with Gasteiger partial charge >= 0.3 is 6.36 Å². The molecular weight excluding hydrogens is 352 g/mol. The quantitative estimate of drug-likeness (QED) is 0.791. The van der Waals surface area contributed by atoms with Crippen LogP contribution >= 0.6 is 24.8 Å². The zero-order valence-electron chi connectivity index (χ0n) is 12.5. The van der Waals surface area contributed by atoms with Crippen molar-refractivity contribution in [3.63, 3.8) is 0 Å². The molecule has 0 spiro atoms. The van der Waals surface area contributed by atoms with E-state index in [1.54, 1.807) is 12.1 Å². The minimum Gasteiger partial charge on any atom is -0.406 e. The molecule has 0 amide bonds. The van der Waals surface area contributed by atoms with Gasteiger partial charge in [-0.3, -0.25) is 4.90 Å². The summed E-state index contributed by atoms with van der Waals surface area (Å²) in [5, 5.41) is 3.29. The fraction of sp³-hybridized carbons (Fsp3) is 0.467. The zero-order chi connectivity index (χ0) is 15.3. The standard InChI is InChI=1S/C15H19F3N2O.2ClH/c1-2-3-14(20-10-8-19-9-11-20)12-4-6-13(7-5-12)21-15(16,17)18;;/h2,4-7,14,19H,1,3,8-11H2;2*1H/t14-;;/m1../s1. The van der Waals surface area contributed by atoms with Crippen molar-refractivity contribution in [3.8, 4) is 5.75 Å². The smallest absolute Gasteiger partial charge is 0.406 e. The van der Waals surface area contributed by atoms with Crippen molar-refractivity contribution in [1.82, 2.24) is 10.2 Å². The van der Waals surface area contributed by atoms with Gasteiger partial charge in [-0.1, -0.05) is 18.2 Å². The normalized spacial score (nSPS) is 16.7. The Bertz CT molecular complexity index is 463. The maximum atomic E-state index is 12.2. The lowest BCUT2D eigenvalue weighted by atomic mass is 10.0. The maximum Gasteiger partial charge on any atom is 0.573 e. The van der Waals surface area contributed by atoms with Crippen LogP contribution in [-0.4, -0.2) is 37.4 Å². The number of alkyl halides is 3. The minimum atomic E-state index is -4.65. The number of benzene rings is 1. The van der Waals surface area contributed by atoms with Crippen molar-refractivity contribution in [1.29, 1.82) is 0 Å². The lowest BCUT2D eigenvalue weighted by Crippen LogP contribution is -2.45. The van der Waals surface area contributed by atoms with Gasteiger partial charge < -0.3 is 10.1 Å². The Labute approximate surface area is 146 Å². The number of nitrogens with one attached hydrogen (secondary N) is 1. The van der Waals surface area contributed by atoms with Crippen molar-refractivity contribution < 1.29 is 17.9 Å². The molecule has 1 atom stereocenters. The van der Waals surface area contributed by atoms with Crippen LogP contribution in [0.4, 0.5) is 13.2 Å². The van der Waals surface area contributed by atoms with Gasteiger partial charge in [0.1, 0.15) is 5.75 Å². The van der Waals surface area contributed by atoms with E-state index in [1.807, 2.05) is 6.08 Å². The molecule has 1 aliphatic heterocycles. The molecular formula is C15H21Cl2F3N2O. The molecule has 1 saturated heterocycles. The number of rotatable bonds is 5. The molecule has 23 heavy (non-hydrogen) atoms. The molecule has 1 heterocycles. The summed E-state index contributed by atoms with van der Waals surface area (Å²) in [6.45, 7) is 7.44. The molecule has 1 aromatic rings. The number of nitrogens with zero attached hydrogens (tertiary/aromatic N) is 1. The van der Waals surface area contributed by atoms with E-state index in [2.05, 4.69) is 21.5 Å². The zero-order valence-corrected chi connectivity index (χ0v) is 14.1. The van der Waals surface area contributed by atoms with Gasteiger partial charge in [0, 0.05) is 32.2 Å². The Morgan fingerprint density at radius 3 is 2.22 bits per heavy atom. The lowest BCUT2D eigenvalue weighted by molar-refractivity contribution is -0.274. The second-order valence-electron chi connectivity index (χ2n) is 4.94. The molecule has 0 aromatic heterocycles. The average Bonchev–Trinajstić information content (AvgIpc) is 2.45. The topological polar surface area (TPSA) is 24.5 Å². The summed E-state index contributed by atoms with van der Waals surface area (Å²) in [5.41, 5.74) is 0.978. The molecule has 1 aliphatic rings. The number of hydrogen-bond donors (Lipinski definition) is 1. The van der Waals surface area contributed by atoms with Crippen LogP contribution in [0, 0.1) is 0 Å². The largest absolute Gasteiger partial charge is 0.573 e. The molecule has 0 aliphatic carbocycles. The summed E-state index contributed by atoms with van der Waals surface area (Å²) in [4.78, 5) is 2.32. The highest BCUT2D eigenvalue weighted by atomic mass is 35.5. The van der Waals surface area contributed by atoms with Crippen molar-refractivity contribution in [2.45, 2.75) is 18.8 Å². The second-order valence-corrected chi connectivity index (χ2v) is 4.94. The van der Waals surface area contributed by atoms with Crippen LogP contribution in [-0.2, 0) is 0 Å². The van der Waals surface area contributed by atoms with Crippen LogP contribution in [0.3, 0.4) is 0 Å². The Hall–Kier alpha value is -0.950. The van der Waals surface area contributed by atoms with Gasteiger partial charge in [0.25, 0.3) is 0 Å². The summed E-state index contributed by atoms with van der Waals surface area (Å²) < 4.78 is 40.4. The lowest BCUT2D eigenvalue weighted by Gasteiger charge is -2.34. The van der Waals surface area contributed by atoms with Crippen LogP contribution in [0.25, 0.3) is 0 Å². The predicted molar refractivity (Wildman–Crippen MR) is 89.6 cm³/mol. The molecule has 1 aromatic carbocycles. The van der Waals surface area contributed by atoms with Crippen LogP contribution in [0.1, 0.15) is 18.0 Å². The third-order valence-corrected chi connectivity index (χ3v) is 3.48. The van der Waals surface area contributed by atoms with Crippen LogP contribution in [0.15, 0.2) is 36.9 Å². The molecule has 0 unspecified atom stereocenters. The molecule has 1 fully saturated rings. The molecule has 0 saturated carbocycles. The summed E-state index contributed by atoms with van der Waals surface area (Å²) in [7, 11) is 0. The van der Waals surface area contributed by atoms with E-state index >= 15 is 0 Å². The second kappa shape index (κ2) is 10.0. The van der Waals surface area contributed by atoms with Gasteiger partial charge in [0.05, 0.1) is 0 Å². The first-order valence-electron chi connectivity index (χ1n) is 6.91. The van der Waals surface area contributed by atoms with E-state index < -0.39 is 6.36 Å². The predicted octanol–water partition coefficient (Wildman–Crippen LogP) is 3.95. The molecule has 8 heteroatoms. The van der Waals surface area contributed by atoms with Gasteiger partial charge in [0.2, 0.25) is 0 Å². The Morgan fingerprint density at radius 1 is 1.17 bits per heavy atom. The molecule has 1 N–H and O–H groups in total. The van der Waals surface area contributed by atoms with E-state index in [-0.39, 0.29) is 36.6 Å². The van der Waals surface area contributed by atoms with Crippen LogP contribution < -0.4 is 10.1 Å². The van der Waals surface area contributed by atoms with E-state index in [0.29, 0.717) is 0 Å². The molecule has 0 radical (unpaired) electrons. The van der Waals surface area contributed by atoms with Crippen LogP contribution in [0.2, 0.25) is 0 Å². The van der Waals surface area contributed by atoms with E-state index in [4.69, 9.17) is 0 Å². The third kappa shape index (κ3) is 6.99. The fourth-order valence-corrected chi connectivity index (χ4v) is 2.54. The highest BCUT2D eigenvalue weighted by molar-refractivity contribution is 5.85. The number of piperazine rings is 1. The highest BCUT2D eigenvalue weighted by Crippen LogP contribution is 2.28. The van der Waals surface area contributed by atoms with E-state index in [9.17, 15) is 13.2 Å². The van der Waals surface area contributed by atoms with Gasteiger partial charge in [-0.2, -0.15) is 0 Å². The van der Waals surface area contributed by atoms with Gasteiger partial charge in [-0.15, -0.1) is 44.6 Å². The molecule has 3 nitrogen and oxygen atoms in total. The van der Waals surface area contributed by atoms with Gasteiger partial charge in [-0.25, -0.2) is 0 Å². The Kier molecular flexibility index (Phi) is 9.61.